The van der Waals surface area contributed by atoms with Crippen LogP contribution in [0.3, 0.4) is 0 Å². The third-order valence-electron chi connectivity index (χ3n) is 4.69. The van der Waals surface area contributed by atoms with E-state index in [9.17, 15) is 4.39 Å². The molecule has 1 saturated carbocycles. The van der Waals surface area contributed by atoms with E-state index in [2.05, 4.69) is 10.3 Å². The van der Waals surface area contributed by atoms with Gasteiger partial charge in [0.1, 0.15) is 11.6 Å². The highest BCUT2D eigenvalue weighted by atomic mass is 127. The van der Waals surface area contributed by atoms with Crippen molar-refractivity contribution in [2.75, 3.05) is 19.0 Å². The third kappa shape index (κ3) is 4.42. The van der Waals surface area contributed by atoms with Gasteiger partial charge in [0.2, 0.25) is 0 Å². The maximum Gasteiger partial charge on any atom is 0.193 e. The van der Waals surface area contributed by atoms with E-state index < -0.39 is 0 Å². The molecule has 0 heterocycles. The molecule has 0 atom stereocenters. The summed E-state index contributed by atoms with van der Waals surface area (Å²) < 4.78 is 18.5. The third-order valence-corrected chi connectivity index (χ3v) is 4.69. The Morgan fingerprint density at radius 1 is 1.20 bits per heavy atom. The van der Waals surface area contributed by atoms with Crippen molar-refractivity contribution in [3.63, 3.8) is 0 Å². The molecule has 1 aliphatic rings. The summed E-state index contributed by atoms with van der Waals surface area (Å²) in [6.07, 6.45) is 3.25. The van der Waals surface area contributed by atoms with Gasteiger partial charge in [-0.05, 0) is 42.7 Å². The highest BCUT2D eigenvalue weighted by Crippen LogP contribution is 2.44. The van der Waals surface area contributed by atoms with E-state index in [1.165, 1.54) is 12.1 Å². The molecule has 0 unspecified atom stereocenters. The van der Waals surface area contributed by atoms with Crippen molar-refractivity contribution < 1.29 is 9.13 Å². The maximum absolute atomic E-state index is 13.2. The van der Waals surface area contributed by atoms with E-state index in [0.717, 1.165) is 30.5 Å². The van der Waals surface area contributed by atoms with Gasteiger partial charge in [0, 0.05) is 5.41 Å². The first-order valence-electron chi connectivity index (χ1n) is 8.09. The number of para-hydroxylation sites is 2. The van der Waals surface area contributed by atoms with Gasteiger partial charge in [-0.1, -0.05) is 30.7 Å². The average molecular weight is 455 g/mol. The van der Waals surface area contributed by atoms with E-state index >= 15 is 0 Å². The lowest BCUT2D eigenvalue weighted by atomic mass is 9.64. The van der Waals surface area contributed by atoms with Crippen LogP contribution in [0.25, 0.3) is 0 Å². The molecule has 1 fully saturated rings. The molecule has 134 valence electrons. The molecule has 2 aromatic rings. The molecule has 3 rings (SSSR count). The van der Waals surface area contributed by atoms with Crippen LogP contribution in [0.15, 0.2) is 53.5 Å². The molecule has 0 radical (unpaired) electrons. The van der Waals surface area contributed by atoms with Crippen molar-refractivity contribution in [3.8, 4) is 5.75 Å². The van der Waals surface area contributed by atoms with Gasteiger partial charge in [-0.15, -0.1) is 24.0 Å². The Morgan fingerprint density at radius 2 is 1.88 bits per heavy atom. The number of halogens is 2. The van der Waals surface area contributed by atoms with Crippen molar-refractivity contribution in [3.05, 3.63) is 59.9 Å². The van der Waals surface area contributed by atoms with Gasteiger partial charge < -0.3 is 15.8 Å². The number of hydrogen-bond acceptors (Lipinski definition) is 2. The van der Waals surface area contributed by atoms with Crippen LogP contribution in [0.4, 0.5) is 10.1 Å². The zero-order valence-corrected chi connectivity index (χ0v) is 16.5. The predicted molar refractivity (Wildman–Crippen MR) is 110 cm³/mol. The van der Waals surface area contributed by atoms with Crippen molar-refractivity contribution in [1.29, 1.82) is 0 Å². The Kier molecular flexibility index (Phi) is 6.64. The fourth-order valence-corrected chi connectivity index (χ4v) is 3.11. The van der Waals surface area contributed by atoms with Gasteiger partial charge >= 0.3 is 0 Å². The first-order chi connectivity index (χ1) is 11.6. The minimum absolute atomic E-state index is 0. The van der Waals surface area contributed by atoms with Crippen LogP contribution in [0.5, 0.6) is 5.75 Å². The second-order valence-corrected chi connectivity index (χ2v) is 6.17. The number of methoxy groups -OCH3 is 1. The Bertz CT molecular complexity index is 730. The topological polar surface area (TPSA) is 59.6 Å². The number of ether oxygens (including phenoxy) is 1. The van der Waals surface area contributed by atoms with Crippen LogP contribution in [-0.4, -0.2) is 19.6 Å². The molecule has 2 aromatic carbocycles. The molecule has 6 heteroatoms. The molecule has 1 aliphatic carbocycles. The molecular weight excluding hydrogens is 432 g/mol. The maximum atomic E-state index is 13.2. The zero-order chi connectivity index (χ0) is 17.0. The lowest BCUT2D eigenvalue weighted by Gasteiger charge is -2.41. The first kappa shape index (κ1) is 19.5. The predicted octanol–water partition coefficient (Wildman–Crippen LogP) is 4.30. The monoisotopic (exact) mass is 455 g/mol. The summed E-state index contributed by atoms with van der Waals surface area (Å²) in [5, 5.41) is 3.09. The summed E-state index contributed by atoms with van der Waals surface area (Å²) in [7, 11) is 1.62. The van der Waals surface area contributed by atoms with E-state index in [-0.39, 0.29) is 35.2 Å². The fraction of sp³-hybridized carbons (Fsp3) is 0.316. The van der Waals surface area contributed by atoms with E-state index in [4.69, 9.17) is 10.5 Å². The normalized spacial score (nSPS) is 15.7. The molecule has 0 aromatic heterocycles. The van der Waals surface area contributed by atoms with Crippen LogP contribution < -0.4 is 15.8 Å². The smallest absolute Gasteiger partial charge is 0.193 e. The van der Waals surface area contributed by atoms with E-state index in [1.807, 2.05) is 36.4 Å². The number of anilines is 1. The molecule has 0 bridgehead atoms. The van der Waals surface area contributed by atoms with Crippen molar-refractivity contribution in [2.24, 2.45) is 10.7 Å². The molecule has 3 N–H and O–H groups in total. The van der Waals surface area contributed by atoms with Crippen LogP contribution in [0, 0.1) is 5.82 Å². The highest BCUT2D eigenvalue weighted by Gasteiger charge is 2.38. The summed E-state index contributed by atoms with van der Waals surface area (Å²) in [6.45, 7) is 0.590. The number of aliphatic imine (C=N–C) groups is 1. The van der Waals surface area contributed by atoms with E-state index in [1.54, 1.807) is 7.11 Å². The Labute approximate surface area is 164 Å². The molecule has 4 nitrogen and oxygen atoms in total. The van der Waals surface area contributed by atoms with Crippen LogP contribution in [-0.2, 0) is 5.41 Å². The standard InChI is InChI=1S/C19H22FN3O.HI/c1-24-17-6-3-2-5-16(17)23-18(21)22-13-19(11-4-12-19)14-7-9-15(20)10-8-14;/h2-3,5-10H,4,11-13H2,1H3,(H3,21,22,23);1H. The van der Waals surface area contributed by atoms with E-state index in [0.29, 0.717) is 18.3 Å². The minimum Gasteiger partial charge on any atom is -0.495 e. The molecule has 25 heavy (non-hydrogen) atoms. The molecule has 0 aliphatic heterocycles. The van der Waals surface area contributed by atoms with Crippen LogP contribution in [0.1, 0.15) is 24.8 Å². The molecule has 0 spiro atoms. The lowest BCUT2D eigenvalue weighted by molar-refractivity contribution is 0.253. The Morgan fingerprint density at radius 3 is 2.48 bits per heavy atom. The number of guanidine groups is 1. The molecule has 0 saturated heterocycles. The van der Waals surface area contributed by atoms with Crippen molar-refractivity contribution in [1.82, 2.24) is 0 Å². The molecule has 0 amide bonds. The quantitative estimate of drug-likeness (QED) is 0.402. The largest absolute Gasteiger partial charge is 0.495 e. The minimum atomic E-state index is -0.214. The highest BCUT2D eigenvalue weighted by molar-refractivity contribution is 14.0. The summed E-state index contributed by atoms with van der Waals surface area (Å²) in [5.74, 6) is 0.856. The van der Waals surface area contributed by atoms with Crippen LogP contribution >= 0.6 is 24.0 Å². The first-order valence-corrected chi connectivity index (χ1v) is 8.09. The van der Waals surface area contributed by atoms with Gasteiger partial charge in [0.15, 0.2) is 5.96 Å². The summed E-state index contributed by atoms with van der Waals surface area (Å²) >= 11 is 0. The zero-order valence-electron chi connectivity index (χ0n) is 14.2. The van der Waals surface area contributed by atoms with Crippen LogP contribution in [0.2, 0.25) is 0 Å². The second-order valence-electron chi connectivity index (χ2n) is 6.17. The summed E-state index contributed by atoms with van der Waals surface area (Å²) in [6, 6.07) is 14.3. The van der Waals surface area contributed by atoms with Crippen molar-refractivity contribution in [2.45, 2.75) is 24.7 Å². The average Bonchev–Trinajstić information content (AvgIpc) is 2.56. The molecular formula is C19H23FIN3O. The fourth-order valence-electron chi connectivity index (χ4n) is 3.11. The summed E-state index contributed by atoms with van der Waals surface area (Å²) in [5.41, 5.74) is 7.93. The number of rotatable bonds is 5. The van der Waals surface area contributed by atoms with Gasteiger partial charge in [-0.2, -0.15) is 0 Å². The number of hydrogen-bond donors (Lipinski definition) is 2. The number of nitrogens with zero attached hydrogens (tertiary/aromatic N) is 1. The number of nitrogens with two attached hydrogens (primary N) is 1. The van der Waals surface area contributed by atoms with Crippen molar-refractivity contribution >= 4 is 35.6 Å². The van der Waals surface area contributed by atoms with Gasteiger partial charge in [-0.3, -0.25) is 4.99 Å². The van der Waals surface area contributed by atoms with Gasteiger partial charge in [0.05, 0.1) is 19.3 Å². The Hall–Kier alpha value is -1.83. The summed E-state index contributed by atoms with van der Waals surface area (Å²) in [4.78, 5) is 4.52. The van der Waals surface area contributed by atoms with Gasteiger partial charge in [-0.25, -0.2) is 4.39 Å². The number of nitrogens with one attached hydrogen (secondary N) is 1. The Balaban J connectivity index is 0.00000225. The van der Waals surface area contributed by atoms with Gasteiger partial charge in [0.25, 0.3) is 0 Å². The number of benzene rings is 2. The SMILES string of the molecule is COc1ccccc1NC(N)=NCC1(c2ccc(F)cc2)CCC1.I. The lowest BCUT2D eigenvalue weighted by Crippen LogP contribution is -2.38. The second kappa shape index (κ2) is 8.51.